The van der Waals surface area contributed by atoms with Gasteiger partial charge >= 0.3 is 12.5 Å². The molecule has 0 spiro atoms. The van der Waals surface area contributed by atoms with Gasteiger partial charge in [0, 0.05) is 56.2 Å². The smallest absolute Gasteiger partial charge is 0.493 e. The lowest BCUT2D eigenvalue weighted by Gasteiger charge is -2.32. The summed E-state index contributed by atoms with van der Waals surface area (Å²) in [5, 5.41) is 5.59. The number of anilines is 3. The van der Waals surface area contributed by atoms with E-state index in [1.54, 1.807) is 31.4 Å². The van der Waals surface area contributed by atoms with Crippen molar-refractivity contribution in [2.75, 3.05) is 64.1 Å². The van der Waals surface area contributed by atoms with E-state index in [1.165, 1.54) is 24.4 Å². The van der Waals surface area contributed by atoms with Crippen molar-refractivity contribution >= 4 is 23.5 Å². The van der Waals surface area contributed by atoms with Crippen molar-refractivity contribution in [3.05, 3.63) is 83.0 Å². The molecule has 2 N–H and O–H groups in total. The molecule has 1 amide bonds. The topological polar surface area (TPSA) is 110 Å². The monoisotopic (exact) mass is 708 g/mol. The van der Waals surface area contributed by atoms with Crippen molar-refractivity contribution < 1.29 is 36.9 Å². The van der Waals surface area contributed by atoms with Gasteiger partial charge in [0.05, 0.1) is 13.7 Å². The summed E-state index contributed by atoms with van der Waals surface area (Å²) in [6, 6.07) is 14.8. The number of aryl methyl sites for hydroxylation is 1. The van der Waals surface area contributed by atoms with Crippen LogP contribution in [0.3, 0.4) is 0 Å². The molecule has 5 rings (SSSR count). The van der Waals surface area contributed by atoms with Gasteiger partial charge < -0.3 is 34.1 Å². The summed E-state index contributed by atoms with van der Waals surface area (Å²) in [5.74, 6) is 0.958. The van der Waals surface area contributed by atoms with Crippen LogP contribution in [0, 0.1) is 20.8 Å². The van der Waals surface area contributed by atoms with E-state index in [-0.39, 0.29) is 17.3 Å². The molecule has 51 heavy (non-hydrogen) atoms. The first-order chi connectivity index (χ1) is 24.4. The third kappa shape index (κ3) is 10.2. The Kier molecular flexibility index (Phi) is 12.2. The molecule has 2 heterocycles. The Morgan fingerprint density at radius 3 is 2.45 bits per heavy atom. The van der Waals surface area contributed by atoms with Crippen LogP contribution in [0.2, 0.25) is 0 Å². The molecule has 1 fully saturated rings. The van der Waals surface area contributed by atoms with Gasteiger partial charge in [-0.1, -0.05) is 24.3 Å². The van der Waals surface area contributed by atoms with Crippen molar-refractivity contribution in [3.63, 3.8) is 0 Å². The van der Waals surface area contributed by atoms with E-state index in [0.717, 1.165) is 55.8 Å². The number of alkyl halides is 3. The second kappa shape index (κ2) is 16.8. The first-order valence-electron chi connectivity index (χ1n) is 16.6. The Morgan fingerprint density at radius 1 is 0.922 bits per heavy atom. The molecule has 0 atom stereocenters. The lowest BCUT2D eigenvalue weighted by atomic mass is 9.91. The minimum Gasteiger partial charge on any atom is -0.493 e. The third-order valence-electron chi connectivity index (χ3n) is 8.83. The van der Waals surface area contributed by atoms with Crippen LogP contribution in [0.5, 0.6) is 17.2 Å². The average molecular weight is 709 g/mol. The lowest BCUT2D eigenvalue weighted by Crippen LogP contribution is -2.44. The molecule has 14 heteroatoms. The predicted octanol–water partition coefficient (Wildman–Crippen LogP) is 7.48. The Hall–Kier alpha value is -5.08. The van der Waals surface area contributed by atoms with Crippen LogP contribution >= 0.6 is 0 Å². The average Bonchev–Trinajstić information content (AvgIpc) is 3.09. The summed E-state index contributed by atoms with van der Waals surface area (Å²) in [6.45, 7) is 11.1. The number of ether oxygens (including phenoxy) is 4. The third-order valence-corrected chi connectivity index (χ3v) is 8.83. The number of nitrogens with zero attached hydrogens (tertiary/aromatic N) is 4. The Labute approximate surface area is 295 Å². The minimum absolute atomic E-state index is 0.0674. The molecule has 0 unspecified atom stereocenters. The summed E-state index contributed by atoms with van der Waals surface area (Å²) in [7, 11) is 3.70. The zero-order valence-electron chi connectivity index (χ0n) is 29.4. The van der Waals surface area contributed by atoms with Gasteiger partial charge in [0.15, 0.2) is 11.5 Å². The van der Waals surface area contributed by atoms with Gasteiger partial charge in [-0.2, -0.15) is 4.98 Å². The first-order valence-corrected chi connectivity index (χ1v) is 16.6. The maximum Gasteiger partial charge on any atom is 0.573 e. The summed E-state index contributed by atoms with van der Waals surface area (Å²) in [6.07, 6.45) is -3.54. The second-order valence-corrected chi connectivity index (χ2v) is 12.3. The molecule has 1 aromatic heterocycles. The number of hydrogen-bond donors (Lipinski definition) is 2. The molecular weight excluding hydrogens is 665 g/mol. The molecule has 1 aliphatic heterocycles. The van der Waals surface area contributed by atoms with Gasteiger partial charge in [-0.25, -0.2) is 9.78 Å². The highest BCUT2D eigenvalue weighted by Gasteiger charge is 2.33. The fourth-order valence-electron chi connectivity index (χ4n) is 5.74. The molecule has 0 saturated carbocycles. The van der Waals surface area contributed by atoms with E-state index >= 15 is 0 Å². The summed E-state index contributed by atoms with van der Waals surface area (Å²) in [5.41, 5.74) is 4.78. The SMILES string of the molecule is COc1cc(Nc2nccc(NC(=O)OCc3c(OC(F)(F)F)cccc3-c3ccc(C)c(C)c3C)n2)ccc1OCCCN1CCN(C)CC1. The number of carbonyl (C=O) groups excluding carboxylic acids is 1. The van der Waals surface area contributed by atoms with Crippen molar-refractivity contribution in [2.24, 2.45) is 0 Å². The predicted molar refractivity (Wildman–Crippen MR) is 189 cm³/mol. The van der Waals surface area contributed by atoms with Crippen LogP contribution in [-0.4, -0.2) is 85.7 Å². The fourth-order valence-corrected chi connectivity index (χ4v) is 5.74. The van der Waals surface area contributed by atoms with Crippen LogP contribution < -0.4 is 24.8 Å². The normalized spacial score (nSPS) is 13.8. The van der Waals surface area contributed by atoms with Crippen LogP contribution in [0.25, 0.3) is 11.1 Å². The van der Waals surface area contributed by atoms with Gasteiger partial charge in [0.2, 0.25) is 5.95 Å². The quantitative estimate of drug-likeness (QED) is 0.136. The number of likely N-dealkylation sites (N-methyl/N-ethyl adjacent to an activating group) is 1. The van der Waals surface area contributed by atoms with Crippen LogP contribution in [0.15, 0.2) is 60.8 Å². The van der Waals surface area contributed by atoms with Gasteiger partial charge in [0.1, 0.15) is 18.2 Å². The summed E-state index contributed by atoms with van der Waals surface area (Å²) < 4.78 is 61.3. The van der Waals surface area contributed by atoms with E-state index in [2.05, 4.69) is 42.2 Å². The van der Waals surface area contributed by atoms with Crippen molar-refractivity contribution in [2.45, 2.75) is 40.2 Å². The molecule has 0 radical (unpaired) electrons. The number of methoxy groups -OCH3 is 1. The van der Waals surface area contributed by atoms with Crippen LogP contribution in [0.4, 0.5) is 35.4 Å². The van der Waals surface area contributed by atoms with Gasteiger partial charge in [0.25, 0.3) is 0 Å². The van der Waals surface area contributed by atoms with E-state index < -0.39 is 24.8 Å². The standard InChI is InChI=1S/C37H43F3N6O5/c1-24-10-12-28(26(3)25(24)2)29-8-6-9-31(51-37(38,39)40)30(29)23-50-36(47)44-34-14-15-41-35(43-34)42-27-11-13-32(33(22-27)48-5)49-21-7-16-46-19-17-45(4)18-20-46/h6,8-15,22H,7,16-21,23H2,1-5H3,(H2,41,42,43,44,47). The van der Waals surface area contributed by atoms with Gasteiger partial charge in [-0.15, -0.1) is 13.2 Å². The number of aromatic nitrogens is 2. The number of carbonyl (C=O) groups is 1. The molecular formula is C37H43F3N6O5. The highest BCUT2D eigenvalue weighted by molar-refractivity contribution is 5.84. The van der Waals surface area contributed by atoms with Crippen molar-refractivity contribution in [1.82, 2.24) is 19.8 Å². The Balaban J connectivity index is 1.21. The number of benzene rings is 3. The van der Waals surface area contributed by atoms with Gasteiger partial charge in [-0.3, -0.25) is 5.32 Å². The summed E-state index contributed by atoms with van der Waals surface area (Å²) >= 11 is 0. The van der Waals surface area contributed by atoms with Crippen molar-refractivity contribution in [3.8, 4) is 28.4 Å². The highest BCUT2D eigenvalue weighted by atomic mass is 19.4. The van der Waals surface area contributed by atoms with Crippen molar-refractivity contribution in [1.29, 1.82) is 0 Å². The molecule has 4 aromatic rings. The minimum atomic E-state index is -4.94. The zero-order valence-corrected chi connectivity index (χ0v) is 29.4. The fraction of sp³-hybridized carbons (Fsp3) is 0.378. The number of halogens is 3. The summed E-state index contributed by atoms with van der Waals surface area (Å²) in [4.78, 5) is 26.2. The molecule has 0 aliphatic carbocycles. The maximum atomic E-state index is 13.3. The van der Waals surface area contributed by atoms with E-state index in [0.29, 0.717) is 34.9 Å². The molecule has 1 saturated heterocycles. The Bertz CT molecular complexity index is 1810. The molecule has 272 valence electrons. The number of hydrogen-bond acceptors (Lipinski definition) is 10. The zero-order chi connectivity index (χ0) is 36.5. The number of rotatable bonds is 13. The van der Waals surface area contributed by atoms with E-state index in [9.17, 15) is 18.0 Å². The van der Waals surface area contributed by atoms with Crippen LogP contribution in [0.1, 0.15) is 28.7 Å². The van der Waals surface area contributed by atoms with Gasteiger partial charge in [-0.05, 0) is 86.3 Å². The van der Waals surface area contributed by atoms with E-state index in [4.69, 9.17) is 14.2 Å². The Morgan fingerprint density at radius 2 is 1.71 bits per heavy atom. The largest absolute Gasteiger partial charge is 0.573 e. The number of nitrogens with one attached hydrogen (secondary N) is 2. The number of piperazine rings is 1. The molecule has 1 aliphatic rings. The highest BCUT2D eigenvalue weighted by Crippen LogP contribution is 2.37. The van der Waals surface area contributed by atoms with E-state index in [1.807, 2.05) is 32.9 Å². The lowest BCUT2D eigenvalue weighted by molar-refractivity contribution is -0.275. The maximum absolute atomic E-state index is 13.3. The van der Waals surface area contributed by atoms with Crippen LogP contribution in [-0.2, 0) is 11.3 Å². The number of amides is 1. The molecule has 3 aromatic carbocycles. The first kappa shape index (κ1) is 37.2. The molecule has 0 bridgehead atoms. The molecule has 11 nitrogen and oxygen atoms in total. The second-order valence-electron chi connectivity index (χ2n) is 12.3.